The second-order valence-corrected chi connectivity index (χ2v) is 14.9. The number of benzene rings is 7. The van der Waals surface area contributed by atoms with Crippen molar-refractivity contribution in [3.8, 4) is 17.2 Å². The maximum Gasteiger partial charge on any atom is 0.152 e. The molecule has 0 saturated carbocycles. The molecule has 0 amide bonds. The summed E-state index contributed by atoms with van der Waals surface area (Å²) >= 11 is 0. The van der Waals surface area contributed by atoms with Gasteiger partial charge in [-0.1, -0.05) is 109 Å². The largest absolute Gasteiger partial charge is 0.310 e. The molecule has 6 aromatic heterocycles. The lowest BCUT2D eigenvalue weighted by Gasteiger charge is -2.13. The average molecular weight is 726 g/mol. The van der Waals surface area contributed by atoms with Gasteiger partial charge in [0.2, 0.25) is 0 Å². The number of para-hydroxylation sites is 3. The van der Waals surface area contributed by atoms with Crippen molar-refractivity contribution in [2.45, 2.75) is 0 Å². The molecule has 0 aliphatic heterocycles. The molecule has 13 aromatic rings. The Morgan fingerprint density at radius 2 is 1.07 bits per heavy atom. The second kappa shape index (κ2) is 11.4. The van der Waals surface area contributed by atoms with Crippen LogP contribution in [0.4, 0.5) is 0 Å². The molecule has 57 heavy (non-hydrogen) atoms. The lowest BCUT2D eigenvalue weighted by Crippen LogP contribution is -2.23. The van der Waals surface area contributed by atoms with E-state index in [2.05, 4.69) is 194 Å². The number of hydrogen-bond donors (Lipinski definition) is 0. The van der Waals surface area contributed by atoms with E-state index in [1.807, 2.05) is 18.3 Å². The Bertz CT molecular complexity index is 3800. The maximum absolute atomic E-state index is 5.00. The summed E-state index contributed by atoms with van der Waals surface area (Å²) in [6, 6.07) is 65.7. The minimum absolute atomic E-state index is 0.886. The van der Waals surface area contributed by atoms with Gasteiger partial charge in [-0.25, -0.2) is 4.98 Å². The first-order chi connectivity index (χ1) is 28.3. The average Bonchev–Trinajstić information content (AvgIpc) is 3.91. The zero-order valence-corrected chi connectivity index (χ0v) is 30.6. The number of nitrogens with zero attached hydrogens (tertiary/aromatic N) is 5. The van der Waals surface area contributed by atoms with Gasteiger partial charge in [-0.2, -0.15) is 0 Å². The molecule has 0 atom stereocenters. The Labute approximate surface area is 326 Å². The first-order valence-electron chi connectivity index (χ1n) is 19.4. The second-order valence-electron chi connectivity index (χ2n) is 14.9. The summed E-state index contributed by atoms with van der Waals surface area (Å²) in [5.41, 5.74) is 11.4. The van der Waals surface area contributed by atoms with Crippen molar-refractivity contribution >= 4 is 92.6 Å². The predicted octanol–water partition coefficient (Wildman–Crippen LogP) is 12.2. The van der Waals surface area contributed by atoms with Crippen LogP contribution < -0.4 is 4.40 Å². The van der Waals surface area contributed by atoms with E-state index < -0.39 is 0 Å². The lowest BCUT2D eigenvalue weighted by atomic mass is 10.0. The third kappa shape index (κ3) is 4.12. The van der Waals surface area contributed by atoms with E-state index in [1.165, 1.54) is 65.0 Å². The highest BCUT2D eigenvalue weighted by atomic mass is 15.1. The van der Waals surface area contributed by atoms with Gasteiger partial charge < -0.3 is 9.13 Å². The quantitative estimate of drug-likeness (QED) is 0.101. The SMILES string of the molecule is [c-]1cccc2c3ccccc3c3cc4c5ccccc5n(-c5ccc6c7ccc8c(c9ccccc9n8-c8ccccc8)c7n(-c7ccccn7)c6c5)c4cc3[n+]12. The summed E-state index contributed by atoms with van der Waals surface area (Å²) < 4.78 is 9.43. The molecule has 5 heteroatoms. The van der Waals surface area contributed by atoms with Gasteiger partial charge in [-0.05, 0) is 72.1 Å². The minimum Gasteiger partial charge on any atom is -0.310 e. The Kier molecular flexibility index (Phi) is 6.10. The van der Waals surface area contributed by atoms with Crippen LogP contribution in [0.3, 0.4) is 0 Å². The van der Waals surface area contributed by atoms with E-state index in [9.17, 15) is 0 Å². The zero-order chi connectivity index (χ0) is 37.2. The van der Waals surface area contributed by atoms with Gasteiger partial charge in [0.05, 0.1) is 33.1 Å². The van der Waals surface area contributed by atoms with E-state index in [-0.39, 0.29) is 0 Å². The first-order valence-corrected chi connectivity index (χ1v) is 19.4. The molecule has 0 aliphatic rings. The van der Waals surface area contributed by atoms with Crippen LogP contribution in [-0.2, 0) is 0 Å². The van der Waals surface area contributed by atoms with Crippen LogP contribution in [0.5, 0.6) is 0 Å². The smallest absolute Gasteiger partial charge is 0.152 e. The van der Waals surface area contributed by atoms with Crippen molar-refractivity contribution in [1.82, 2.24) is 18.7 Å². The highest BCUT2D eigenvalue weighted by molar-refractivity contribution is 6.26. The number of hydrogen-bond acceptors (Lipinski definition) is 1. The number of rotatable bonds is 3. The Balaban J connectivity index is 1.17. The zero-order valence-electron chi connectivity index (χ0n) is 30.6. The van der Waals surface area contributed by atoms with Crippen LogP contribution in [0.25, 0.3) is 110 Å². The Morgan fingerprint density at radius 1 is 0.386 bits per heavy atom. The van der Waals surface area contributed by atoms with Crippen LogP contribution in [0.2, 0.25) is 0 Å². The molecule has 7 aromatic carbocycles. The summed E-state index contributed by atoms with van der Waals surface area (Å²) in [5, 5.41) is 10.9. The molecule has 6 heterocycles. The summed E-state index contributed by atoms with van der Waals surface area (Å²) in [7, 11) is 0. The first kappa shape index (κ1) is 30.6. The highest BCUT2D eigenvalue weighted by Gasteiger charge is 2.23. The minimum atomic E-state index is 0.886. The van der Waals surface area contributed by atoms with Gasteiger partial charge in [0, 0.05) is 60.7 Å². The molecule has 0 aliphatic carbocycles. The standard InChI is InChI=1S/C52H31N5/c1-2-14-33(15-3-1)55-45-22-9-7-19-40(45)51-46(55)27-26-39-38-25-24-34(30-48(38)57(52(39)51)50-23-10-12-28-53-50)56-44-21-8-6-18-37(44)42-31-41-35-16-4-5-17-36(35)43-20-11-13-29-54(43)47(41)32-49(42)56/h1-28,30-32H. The van der Waals surface area contributed by atoms with Crippen LogP contribution >= 0.6 is 0 Å². The molecule has 0 fully saturated rings. The van der Waals surface area contributed by atoms with Gasteiger partial charge in [-0.15, -0.1) is 6.07 Å². The molecule has 0 saturated heterocycles. The molecular weight excluding hydrogens is 695 g/mol. The van der Waals surface area contributed by atoms with Crippen LogP contribution in [0, 0.1) is 6.20 Å². The van der Waals surface area contributed by atoms with Gasteiger partial charge >= 0.3 is 0 Å². The maximum atomic E-state index is 5.00. The molecule has 264 valence electrons. The predicted molar refractivity (Wildman–Crippen MR) is 234 cm³/mol. The number of aromatic nitrogens is 5. The van der Waals surface area contributed by atoms with E-state index >= 15 is 0 Å². The summed E-state index contributed by atoms with van der Waals surface area (Å²) in [6.45, 7) is 0. The molecule has 0 unspecified atom stereocenters. The van der Waals surface area contributed by atoms with Crippen molar-refractivity contribution in [3.63, 3.8) is 0 Å². The molecule has 0 radical (unpaired) electrons. The summed E-state index contributed by atoms with van der Waals surface area (Å²) in [4.78, 5) is 5.00. The van der Waals surface area contributed by atoms with Crippen LogP contribution in [-0.4, -0.2) is 18.7 Å². The van der Waals surface area contributed by atoms with Crippen molar-refractivity contribution in [3.05, 3.63) is 194 Å². The van der Waals surface area contributed by atoms with Gasteiger partial charge in [0.15, 0.2) is 6.20 Å². The third-order valence-electron chi connectivity index (χ3n) is 12.0. The number of fused-ring (bicyclic) bond motifs is 16. The molecule has 13 rings (SSSR count). The monoisotopic (exact) mass is 725 g/mol. The van der Waals surface area contributed by atoms with E-state index in [0.717, 1.165) is 44.8 Å². The van der Waals surface area contributed by atoms with Gasteiger partial charge in [0.1, 0.15) is 16.9 Å². The molecule has 0 bridgehead atoms. The lowest BCUT2D eigenvalue weighted by molar-refractivity contribution is -0.485. The van der Waals surface area contributed by atoms with E-state index in [1.54, 1.807) is 0 Å². The Morgan fingerprint density at radius 3 is 1.91 bits per heavy atom. The van der Waals surface area contributed by atoms with Crippen LogP contribution in [0.15, 0.2) is 188 Å². The summed E-state index contributed by atoms with van der Waals surface area (Å²) in [5.74, 6) is 0.886. The third-order valence-corrected chi connectivity index (χ3v) is 12.0. The fourth-order valence-electron chi connectivity index (χ4n) is 9.70. The molecule has 5 nitrogen and oxygen atoms in total. The summed E-state index contributed by atoms with van der Waals surface area (Å²) in [6.07, 6.45) is 5.44. The van der Waals surface area contributed by atoms with Crippen molar-refractivity contribution in [2.75, 3.05) is 0 Å². The van der Waals surface area contributed by atoms with E-state index in [4.69, 9.17) is 4.98 Å². The fourth-order valence-corrected chi connectivity index (χ4v) is 9.70. The molecular formula is C52H31N5. The highest BCUT2D eigenvalue weighted by Crippen LogP contribution is 2.43. The molecule has 0 N–H and O–H groups in total. The van der Waals surface area contributed by atoms with Crippen molar-refractivity contribution in [2.24, 2.45) is 0 Å². The van der Waals surface area contributed by atoms with Gasteiger partial charge in [-0.3, -0.25) is 8.97 Å². The normalized spacial score (nSPS) is 12.2. The Hall–Kier alpha value is -7.76. The number of pyridine rings is 3. The topological polar surface area (TPSA) is 31.8 Å². The molecule has 0 spiro atoms. The van der Waals surface area contributed by atoms with Crippen LogP contribution in [0.1, 0.15) is 0 Å². The van der Waals surface area contributed by atoms with Crippen molar-refractivity contribution < 1.29 is 4.40 Å². The van der Waals surface area contributed by atoms with Crippen molar-refractivity contribution in [1.29, 1.82) is 0 Å². The van der Waals surface area contributed by atoms with E-state index in [0.29, 0.717) is 0 Å². The van der Waals surface area contributed by atoms with Gasteiger partial charge in [0.25, 0.3) is 0 Å². The fraction of sp³-hybridized carbons (Fsp3) is 0.